The van der Waals surface area contributed by atoms with Crippen molar-refractivity contribution in [2.45, 2.75) is 33.0 Å². The van der Waals surface area contributed by atoms with Crippen molar-refractivity contribution in [2.75, 3.05) is 17.7 Å². The predicted molar refractivity (Wildman–Crippen MR) is 163 cm³/mol. The van der Waals surface area contributed by atoms with E-state index in [1.807, 2.05) is 39.0 Å². The van der Waals surface area contributed by atoms with E-state index in [1.54, 1.807) is 37.7 Å². The largest absolute Gasteiger partial charge is 0.495 e. The molecule has 0 radical (unpaired) electrons. The molecule has 5 aromatic rings. The number of methoxy groups -OCH3 is 1. The molecule has 0 aliphatic rings. The topological polar surface area (TPSA) is 89.0 Å². The molecule has 0 bridgehead atoms. The van der Waals surface area contributed by atoms with E-state index in [0.717, 1.165) is 34.2 Å². The van der Waals surface area contributed by atoms with Gasteiger partial charge < -0.3 is 15.4 Å². The highest BCUT2D eigenvalue weighted by Crippen LogP contribution is 2.45. The Kier molecular flexibility index (Phi) is 8.23. The van der Waals surface area contributed by atoms with Gasteiger partial charge in [-0.2, -0.15) is 13.2 Å². The van der Waals surface area contributed by atoms with E-state index in [0.29, 0.717) is 39.2 Å². The minimum atomic E-state index is -4.56. The smallest absolute Gasteiger partial charge is 0.416 e. The van der Waals surface area contributed by atoms with Crippen LogP contribution in [0.25, 0.3) is 33.2 Å². The molecule has 0 fully saturated rings. The van der Waals surface area contributed by atoms with E-state index in [4.69, 9.17) is 21.3 Å². The van der Waals surface area contributed by atoms with E-state index in [-0.39, 0.29) is 11.6 Å². The third-order valence-corrected chi connectivity index (χ3v) is 6.91. The zero-order chi connectivity index (χ0) is 30.9. The van der Waals surface area contributed by atoms with Crippen LogP contribution in [0.3, 0.4) is 0 Å². The summed E-state index contributed by atoms with van der Waals surface area (Å²) in [5, 5.41) is 6.97. The van der Waals surface area contributed by atoms with Crippen LogP contribution in [-0.2, 0) is 6.18 Å². The Morgan fingerprint density at radius 3 is 2.49 bits per heavy atom. The van der Waals surface area contributed by atoms with Gasteiger partial charge in [-0.05, 0) is 86.0 Å². The zero-order valence-corrected chi connectivity index (χ0v) is 24.4. The molecule has 0 saturated carbocycles. The summed E-state index contributed by atoms with van der Waals surface area (Å²) in [5.74, 6) is 0.291. The second kappa shape index (κ2) is 11.9. The van der Waals surface area contributed by atoms with Gasteiger partial charge in [0.2, 0.25) is 5.95 Å². The van der Waals surface area contributed by atoms with Crippen molar-refractivity contribution >= 4 is 40.0 Å². The van der Waals surface area contributed by atoms with Crippen molar-refractivity contribution in [2.24, 2.45) is 0 Å². The number of hydrogen-bond donors (Lipinski definition) is 2. The van der Waals surface area contributed by atoms with Crippen LogP contribution < -0.4 is 15.4 Å². The Morgan fingerprint density at radius 2 is 1.79 bits per heavy atom. The molecular weight excluding hydrogens is 579 g/mol. The van der Waals surface area contributed by atoms with E-state index in [1.165, 1.54) is 12.1 Å². The number of carbonyl (C=O) groups excluding carboxylic acids is 1. The first-order valence-corrected chi connectivity index (χ1v) is 13.7. The number of anilines is 2. The molecule has 2 aromatic heterocycles. The van der Waals surface area contributed by atoms with Gasteiger partial charge in [0.05, 0.1) is 23.8 Å². The fourth-order valence-corrected chi connectivity index (χ4v) is 4.93. The molecule has 7 nitrogen and oxygen atoms in total. The quantitative estimate of drug-likeness (QED) is 0.181. The molecule has 0 aliphatic carbocycles. The highest BCUT2D eigenvalue weighted by atomic mass is 35.5. The Bertz CT molecular complexity index is 1840. The number of pyridine rings is 1. The van der Waals surface area contributed by atoms with Crippen LogP contribution in [0.4, 0.5) is 24.8 Å². The van der Waals surface area contributed by atoms with Gasteiger partial charge in [-0.15, -0.1) is 0 Å². The summed E-state index contributed by atoms with van der Waals surface area (Å²) in [6, 6.07) is 15.1. The first-order valence-electron chi connectivity index (χ1n) is 13.3. The minimum Gasteiger partial charge on any atom is -0.495 e. The number of carbonyl (C=O) groups is 1. The lowest BCUT2D eigenvalue weighted by atomic mass is 9.92. The van der Waals surface area contributed by atoms with Gasteiger partial charge in [-0.1, -0.05) is 23.7 Å². The molecule has 0 atom stereocenters. The third kappa shape index (κ3) is 6.39. The van der Waals surface area contributed by atoms with Gasteiger partial charge in [0, 0.05) is 40.6 Å². The molecule has 5 rings (SSSR count). The van der Waals surface area contributed by atoms with Crippen LogP contribution >= 0.6 is 11.6 Å². The summed E-state index contributed by atoms with van der Waals surface area (Å²) >= 11 is 6.28. The molecule has 0 unspecified atom stereocenters. The Morgan fingerprint density at radius 1 is 1.00 bits per heavy atom. The number of alkyl halides is 3. The van der Waals surface area contributed by atoms with Crippen molar-refractivity contribution in [1.29, 1.82) is 0 Å². The van der Waals surface area contributed by atoms with Crippen molar-refractivity contribution in [1.82, 2.24) is 15.0 Å². The molecule has 1 amide bonds. The van der Waals surface area contributed by atoms with Gasteiger partial charge in [0.15, 0.2) is 0 Å². The molecule has 220 valence electrons. The summed E-state index contributed by atoms with van der Waals surface area (Å²) in [6.45, 7) is 5.89. The SMILES string of the molecule is COc1c(-c2cc(NC(=O)c3cccc(C(F)(F)F)c3)ccc2C)cc2cnc(NC(C)C)nc2c1-c1ccnc(Cl)c1. The normalized spacial score (nSPS) is 11.6. The molecule has 2 N–H and O–H groups in total. The number of nitrogens with zero attached hydrogens (tertiary/aromatic N) is 3. The number of halogens is 4. The second-order valence-corrected chi connectivity index (χ2v) is 10.6. The van der Waals surface area contributed by atoms with E-state index < -0.39 is 17.6 Å². The highest BCUT2D eigenvalue weighted by Gasteiger charge is 2.31. The molecule has 0 spiro atoms. The van der Waals surface area contributed by atoms with Crippen molar-refractivity contribution in [3.8, 4) is 28.0 Å². The lowest BCUT2D eigenvalue weighted by Gasteiger charge is -2.19. The number of benzene rings is 3. The van der Waals surface area contributed by atoms with Gasteiger partial charge >= 0.3 is 6.18 Å². The third-order valence-electron chi connectivity index (χ3n) is 6.70. The number of amides is 1. The highest BCUT2D eigenvalue weighted by molar-refractivity contribution is 6.29. The second-order valence-electron chi connectivity index (χ2n) is 10.2. The molecule has 0 saturated heterocycles. The van der Waals surface area contributed by atoms with Crippen LogP contribution in [0.5, 0.6) is 5.75 Å². The van der Waals surface area contributed by atoms with Crippen LogP contribution in [0.15, 0.2) is 73.1 Å². The number of rotatable bonds is 7. The Balaban J connectivity index is 1.65. The summed E-state index contributed by atoms with van der Waals surface area (Å²) in [5.41, 5.74) is 3.70. The molecule has 43 heavy (non-hydrogen) atoms. The number of aromatic nitrogens is 3. The number of aryl methyl sites for hydroxylation is 1. The van der Waals surface area contributed by atoms with Crippen molar-refractivity contribution in [3.05, 3.63) is 94.9 Å². The van der Waals surface area contributed by atoms with Gasteiger partial charge in [0.1, 0.15) is 10.9 Å². The average molecular weight is 606 g/mol. The van der Waals surface area contributed by atoms with Crippen molar-refractivity contribution < 1.29 is 22.7 Å². The number of nitrogens with one attached hydrogen (secondary N) is 2. The monoisotopic (exact) mass is 605 g/mol. The maximum atomic E-state index is 13.2. The fraction of sp³-hybridized carbons (Fsp3) is 0.188. The predicted octanol–water partition coefficient (Wildman–Crippen LogP) is 8.42. The van der Waals surface area contributed by atoms with Crippen LogP contribution in [0.1, 0.15) is 35.3 Å². The summed E-state index contributed by atoms with van der Waals surface area (Å²) in [7, 11) is 1.56. The standard InChI is InChI=1S/C32H27ClF3N5O2/c1-17(2)39-31-38-16-21-13-25(29(43-4)27(28(21)41-31)19-10-11-37-26(33)14-19)24-15-23(9-8-18(24)3)40-30(42)20-6-5-7-22(12-20)32(34,35)36/h5-17H,1-4H3,(H,40,42)(H,38,39,41). The minimum absolute atomic E-state index is 0.106. The molecule has 11 heteroatoms. The number of fused-ring (bicyclic) bond motifs is 1. The van der Waals surface area contributed by atoms with Crippen molar-refractivity contribution in [3.63, 3.8) is 0 Å². The van der Waals surface area contributed by atoms with E-state index in [9.17, 15) is 18.0 Å². The molecule has 0 aliphatic heterocycles. The Hall–Kier alpha value is -4.70. The summed E-state index contributed by atoms with van der Waals surface area (Å²) < 4.78 is 45.6. The van der Waals surface area contributed by atoms with E-state index in [2.05, 4.69) is 20.6 Å². The van der Waals surface area contributed by atoms with Gasteiger partial charge in [-0.25, -0.2) is 15.0 Å². The Labute approximate surface area is 251 Å². The number of ether oxygens (including phenoxy) is 1. The van der Waals surface area contributed by atoms with Gasteiger partial charge in [-0.3, -0.25) is 4.79 Å². The van der Waals surface area contributed by atoms with Gasteiger partial charge in [0.25, 0.3) is 5.91 Å². The lowest BCUT2D eigenvalue weighted by molar-refractivity contribution is -0.137. The van der Waals surface area contributed by atoms with E-state index >= 15 is 0 Å². The van der Waals surface area contributed by atoms with Crippen LogP contribution in [0, 0.1) is 6.92 Å². The average Bonchev–Trinajstić information content (AvgIpc) is 2.96. The first kappa shape index (κ1) is 29.8. The van der Waals surface area contributed by atoms with Crippen LogP contribution in [0.2, 0.25) is 5.15 Å². The summed E-state index contributed by atoms with van der Waals surface area (Å²) in [4.78, 5) is 26.4. The molecular formula is C32H27ClF3N5O2. The molecule has 3 aromatic carbocycles. The maximum Gasteiger partial charge on any atom is 0.416 e. The fourth-order valence-electron chi connectivity index (χ4n) is 4.76. The summed E-state index contributed by atoms with van der Waals surface area (Å²) in [6.07, 6.45) is -1.25. The van der Waals surface area contributed by atoms with Crippen LogP contribution in [-0.4, -0.2) is 34.0 Å². The lowest BCUT2D eigenvalue weighted by Crippen LogP contribution is -2.14. The number of hydrogen-bond acceptors (Lipinski definition) is 6. The maximum absolute atomic E-state index is 13.2. The first-order chi connectivity index (χ1) is 20.4. The molecule has 2 heterocycles. The zero-order valence-electron chi connectivity index (χ0n) is 23.7.